The number of carbonyl (C=O) groups is 1. The lowest BCUT2D eigenvalue weighted by molar-refractivity contribution is -0.123. The minimum atomic E-state index is -4.60. The fraction of sp³-hybridized carbons (Fsp3) is 0.278. The van der Waals surface area contributed by atoms with Gasteiger partial charge in [-0.2, -0.15) is 8.42 Å². The smallest absolute Gasteiger partial charge is 0.294 e. The maximum absolute atomic E-state index is 13.0. The van der Waals surface area contributed by atoms with Gasteiger partial charge in [-0.25, -0.2) is 8.42 Å². The Morgan fingerprint density at radius 3 is 2.14 bits per heavy atom. The summed E-state index contributed by atoms with van der Waals surface area (Å²) in [6, 6.07) is 7.39. The first kappa shape index (κ1) is 21.9. The van der Waals surface area contributed by atoms with Gasteiger partial charge in [0.2, 0.25) is 15.7 Å². The number of rotatable bonds is 4. The van der Waals surface area contributed by atoms with Gasteiger partial charge in [-0.15, -0.1) is 0 Å². The molecule has 0 aliphatic rings. The van der Waals surface area contributed by atoms with E-state index in [1.165, 1.54) is 37.3 Å². The highest BCUT2D eigenvalue weighted by molar-refractivity contribution is 7.91. The summed E-state index contributed by atoms with van der Waals surface area (Å²) in [6.45, 7) is 6.55. The average Bonchev–Trinajstić information content (AvgIpc) is 2.54. The highest BCUT2D eigenvalue weighted by Crippen LogP contribution is 2.31. The van der Waals surface area contributed by atoms with Crippen LogP contribution in [-0.4, -0.2) is 27.3 Å². The molecule has 8 nitrogen and oxygen atoms in total. The van der Waals surface area contributed by atoms with Crippen LogP contribution < -0.4 is 11.1 Å². The Hall–Kier alpha value is -2.43. The molecule has 2 aromatic carbocycles. The van der Waals surface area contributed by atoms with Gasteiger partial charge in [-0.1, -0.05) is 26.8 Å². The van der Waals surface area contributed by atoms with Crippen LogP contribution in [0.2, 0.25) is 0 Å². The van der Waals surface area contributed by atoms with Gasteiger partial charge in [0.15, 0.2) is 0 Å². The zero-order valence-corrected chi connectivity index (χ0v) is 17.5. The normalized spacial score (nSPS) is 12.6. The molecular formula is C18H22N2O6S2. The van der Waals surface area contributed by atoms with Crippen LogP contribution in [0.5, 0.6) is 0 Å². The molecule has 0 radical (unpaired) electrons. The van der Waals surface area contributed by atoms with Crippen LogP contribution in [0.25, 0.3) is 0 Å². The largest absolute Gasteiger partial charge is 0.398 e. The third-order valence-electron chi connectivity index (χ3n) is 3.99. The second-order valence-electron chi connectivity index (χ2n) is 7.36. The topological polar surface area (TPSA) is 144 Å². The summed E-state index contributed by atoms with van der Waals surface area (Å²) in [5.41, 5.74) is 5.49. The summed E-state index contributed by atoms with van der Waals surface area (Å²) in [5, 5.41) is 2.62. The van der Waals surface area contributed by atoms with Gasteiger partial charge >= 0.3 is 0 Å². The van der Waals surface area contributed by atoms with Crippen molar-refractivity contribution >= 4 is 37.2 Å². The van der Waals surface area contributed by atoms with Crippen molar-refractivity contribution in [2.24, 2.45) is 5.41 Å². The van der Waals surface area contributed by atoms with Crippen molar-refractivity contribution in [1.82, 2.24) is 0 Å². The molecule has 4 N–H and O–H groups in total. The Morgan fingerprint density at radius 1 is 1.00 bits per heavy atom. The van der Waals surface area contributed by atoms with Crippen molar-refractivity contribution in [2.45, 2.75) is 42.4 Å². The second-order valence-corrected chi connectivity index (χ2v) is 10.7. The minimum absolute atomic E-state index is 0.0669. The Labute approximate surface area is 164 Å². The molecule has 0 aliphatic heterocycles. The summed E-state index contributed by atoms with van der Waals surface area (Å²) in [5.74, 6) is -0.315. The number of nitrogen functional groups attached to an aromatic ring is 1. The summed E-state index contributed by atoms with van der Waals surface area (Å²) >= 11 is 0. The summed E-state index contributed by atoms with van der Waals surface area (Å²) < 4.78 is 58.3. The molecule has 0 fully saturated rings. The fourth-order valence-corrected chi connectivity index (χ4v) is 4.58. The van der Waals surface area contributed by atoms with E-state index < -0.39 is 30.3 Å². The van der Waals surface area contributed by atoms with Crippen LogP contribution in [0.15, 0.2) is 51.1 Å². The number of benzene rings is 2. The van der Waals surface area contributed by atoms with Crippen LogP contribution in [-0.2, 0) is 24.7 Å². The Balaban J connectivity index is 2.58. The number of anilines is 2. The maximum atomic E-state index is 13.0. The summed E-state index contributed by atoms with van der Waals surface area (Å²) in [7, 11) is -8.82. The molecular weight excluding hydrogens is 404 g/mol. The zero-order valence-electron chi connectivity index (χ0n) is 15.8. The van der Waals surface area contributed by atoms with Crippen LogP contribution in [0, 0.1) is 12.3 Å². The number of hydrogen-bond acceptors (Lipinski definition) is 6. The molecule has 0 saturated carbocycles. The zero-order chi connectivity index (χ0) is 21.5. The lowest BCUT2D eigenvalue weighted by Gasteiger charge is -2.18. The molecule has 0 saturated heterocycles. The molecule has 2 aromatic rings. The van der Waals surface area contributed by atoms with Gasteiger partial charge in [0.1, 0.15) is 0 Å². The van der Waals surface area contributed by atoms with Crippen molar-refractivity contribution in [3.8, 4) is 0 Å². The average molecular weight is 427 g/mol. The number of sulfone groups is 1. The number of hydrogen-bond donors (Lipinski definition) is 3. The maximum Gasteiger partial charge on any atom is 0.294 e. The first-order chi connectivity index (χ1) is 12.6. The number of nitrogens with one attached hydrogen (secondary N) is 1. The third kappa shape index (κ3) is 4.51. The highest BCUT2D eigenvalue weighted by atomic mass is 32.2. The van der Waals surface area contributed by atoms with E-state index >= 15 is 0 Å². The quantitative estimate of drug-likeness (QED) is 0.503. The first-order valence-electron chi connectivity index (χ1n) is 8.18. The fourth-order valence-electron chi connectivity index (χ4n) is 2.32. The highest BCUT2D eigenvalue weighted by Gasteiger charge is 2.26. The number of nitrogens with two attached hydrogens (primary N) is 1. The van der Waals surface area contributed by atoms with Gasteiger partial charge in [-0.05, 0) is 42.8 Å². The molecule has 0 atom stereocenters. The van der Waals surface area contributed by atoms with Crippen LogP contribution in [0.1, 0.15) is 26.3 Å². The van der Waals surface area contributed by atoms with Gasteiger partial charge in [0.05, 0.1) is 20.4 Å². The molecule has 152 valence electrons. The Bertz CT molecular complexity index is 1150. The molecule has 1 amide bonds. The molecule has 0 bridgehead atoms. The molecule has 28 heavy (non-hydrogen) atoms. The van der Waals surface area contributed by atoms with Gasteiger partial charge < -0.3 is 11.1 Å². The molecule has 0 unspecified atom stereocenters. The van der Waals surface area contributed by atoms with E-state index in [-0.39, 0.29) is 32.6 Å². The van der Waals surface area contributed by atoms with Gasteiger partial charge in [0.25, 0.3) is 10.1 Å². The van der Waals surface area contributed by atoms with Crippen molar-refractivity contribution in [2.75, 3.05) is 11.1 Å². The number of aryl methyl sites for hydroxylation is 1. The molecule has 0 aromatic heterocycles. The molecule has 10 heteroatoms. The standard InChI is InChI=1S/C18H22N2O6S2/c1-11-5-7-13(10-15(11)28(24,25)26)27(22,23)16-9-12(6-8-14(16)19)20-17(21)18(2,3)4/h5-10H,19H2,1-4H3,(H,20,21)(H,24,25,26). The van der Waals surface area contributed by atoms with E-state index in [2.05, 4.69) is 5.32 Å². The van der Waals surface area contributed by atoms with Crippen LogP contribution in [0.4, 0.5) is 11.4 Å². The predicted octanol–water partition coefficient (Wildman–Crippen LogP) is 2.64. The van der Waals surface area contributed by atoms with E-state index in [1.807, 2.05) is 0 Å². The van der Waals surface area contributed by atoms with E-state index in [0.717, 1.165) is 6.07 Å². The second kappa shape index (κ2) is 7.19. The number of amides is 1. The lowest BCUT2D eigenvalue weighted by atomic mass is 9.95. The van der Waals surface area contributed by atoms with Crippen molar-refractivity contribution in [3.63, 3.8) is 0 Å². The van der Waals surface area contributed by atoms with Gasteiger partial charge in [-0.3, -0.25) is 9.35 Å². The van der Waals surface area contributed by atoms with E-state index in [9.17, 15) is 26.2 Å². The van der Waals surface area contributed by atoms with Crippen LogP contribution in [0.3, 0.4) is 0 Å². The summed E-state index contributed by atoms with van der Waals surface area (Å²) in [4.78, 5) is 11.0. The molecule has 0 aliphatic carbocycles. The molecule has 0 heterocycles. The van der Waals surface area contributed by atoms with Crippen molar-refractivity contribution in [1.29, 1.82) is 0 Å². The molecule has 2 rings (SSSR count). The van der Waals surface area contributed by atoms with Gasteiger partial charge in [0, 0.05) is 11.1 Å². The third-order valence-corrected chi connectivity index (χ3v) is 6.79. The lowest BCUT2D eigenvalue weighted by Crippen LogP contribution is -2.27. The molecule has 0 spiro atoms. The van der Waals surface area contributed by atoms with E-state index in [1.54, 1.807) is 20.8 Å². The van der Waals surface area contributed by atoms with Crippen molar-refractivity contribution < 1.29 is 26.2 Å². The van der Waals surface area contributed by atoms with E-state index in [0.29, 0.717) is 0 Å². The van der Waals surface area contributed by atoms with E-state index in [4.69, 9.17) is 5.73 Å². The predicted molar refractivity (Wildman–Crippen MR) is 105 cm³/mol. The Morgan fingerprint density at radius 2 is 1.61 bits per heavy atom. The van der Waals surface area contributed by atoms with Crippen LogP contribution >= 0.6 is 0 Å². The summed E-state index contributed by atoms with van der Waals surface area (Å²) in [6.07, 6.45) is 0. The minimum Gasteiger partial charge on any atom is -0.398 e. The number of carbonyl (C=O) groups excluding carboxylic acids is 1. The first-order valence-corrected chi connectivity index (χ1v) is 11.1. The van der Waals surface area contributed by atoms with Crippen molar-refractivity contribution in [3.05, 3.63) is 42.0 Å². The monoisotopic (exact) mass is 426 g/mol. The SMILES string of the molecule is Cc1ccc(S(=O)(=O)c2cc(NC(=O)C(C)(C)C)ccc2N)cc1S(=O)(=O)O. The Kier molecular flexibility index (Phi) is 5.61.